The van der Waals surface area contributed by atoms with Crippen LogP contribution in [-0.4, -0.2) is 45.2 Å². The molecule has 1 aliphatic carbocycles. The van der Waals surface area contributed by atoms with Gasteiger partial charge in [0.15, 0.2) is 6.29 Å². The average Bonchev–Trinajstić information content (AvgIpc) is 2.91. The number of carbonyl (C=O) groups excluding carboxylic acids is 2. The van der Waals surface area contributed by atoms with Crippen LogP contribution in [0.25, 0.3) is 0 Å². The summed E-state index contributed by atoms with van der Waals surface area (Å²) in [5.41, 5.74) is 0.344. The third-order valence-corrected chi connectivity index (χ3v) is 3.42. The van der Waals surface area contributed by atoms with E-state index >= 15 is 0 Å². The van der Waals surface area contributed by atoms with Gasteiger partial charge in [-0.2, -0.15) is 0 Å². The van der Waals surface area contributed by atoms with Crippen LogP contribution in [0.4, 0.5) is 0 Å². The first-order chi connectivity index (χ1) is 8.28. The van der Waals surface area contributed by atoms with E-state index in [0.717, 1.165) is 25.8 Å². The van der Waals surface area contributed by atoms with E-state index in [1.54, 1.807) is 10.9 Å². The van der Waals surface area contributed by atoms with Crippen molar-refractivity contribution in [3.05, 3.63) is 11.9 Å². The summed E-state index contributed by atoms with van der Waals surface area (Å²) in [6.07, 6.45) is 5.30. The quantitative estimate of drug-likeness (QED) is 0.704. The molecule has 1 saturated carbocycles. The van der Waals surface area contributed by atoms with Crippen molar-refractivity contribution in [2.24, 2.45) is 5.92 Å². The van der Waals surface area contributed by atoms with Crippen molar-refractivity contribution in [2.45, 2.75) is 25.3 Å². The molecule has 1 amide bonds. The normalized spacial score (nSPS) is 24.0. The standard InChI is InChI=1S/C11H14N4O2/c16-7-9-5-15(13-12-9)10-3-4-14(6-10)11(17)8-1-2-8/h5,7-8,10H,1-4,6H2/t10-/m0/s1. The van der Waals surface area contributed by atoms with Crippen LogP contribution in [-0.2, 0) is 4.79 Å². The van der Waals surface area contributed by atoms with E-state index < -0.39 is 0 Å². The maximum absolute atomic E-state index is 11.9. The van der Waals surface area contributed by atoms with Gasteiger partial charge in [-0.1, -0.05) is 5.21 Å². The van der Waals surface area contributed by atoms with E-state index in [1.165, 1.54) is 0 Å². The van der Waals surface area contributed by atoms with E-state index in [2.05, 4.69) is 10.3 Å². The van der Waals surface area contributed by atoms with Crippen LogP contribution in [0, 0.1) is 5.92 Å². The van der Waals surface area contributed by atoms with Gasteiger partial charge in [-0.15, -0.1) is 5.10 Å². The van der Waals surface area contributed by atoms with Gasteiger partial charge in [-0.25, -0.2) is 4.68 Å². The fourth-order valence-corrected chi connectivity index (χ4v) is 2.27. The summed E-state index contributed by atoms with van der Waals surface area (Å²) >= 11 is 0. The summed E-state index contributed by atoms with van der Waals surface area (Å²) in [7, 11) is 0. The first-order valence-electron chi connectivity index (χ1n) is 5.93. The van der Waals surface area contributed by atoms with Crippen LogP contribution < -0.4 is 0 Å². The lowest BCUT2D eigenvalue weighted by Gasteiger charge is -2.15. The largest absolute Gasteiger partial charge is 0.340 e. The van der Waals surface area contributed by atoms with Gasteiger partial charge in [0, 0.05) is 19.0 Å². The molecule has 1 atom stereocenters. The van der Waals surface area contributed by atoms with Crippen LogP contribution in [0.2, 0.25) is 0 Å². The molecule has 0 radical (unpaired) electrons. The molecule has 2 aliphatic rings. The van der Waals surface area contributed by atoms with Gasteiger partial charge in [-0.05, 0) is 19.3 Å². The number of hydrogen-bond donors (Lipinski definition) is 0. The minimum absolute atomic E-state index is 0.166. The van der Waals surface area contributed by atoms with Gasteiger partial charge in [0.25, 0.3) is 0 Å². The zero-order chi connectivity index (χ0) is 11.8. The third kappa shape index (κ3) is 1.94. The highest BCUT2D eigenvalue weighted by atomic mass is 16.2. The molecular formula is C11H14N4O2. The molecule has 1 aliphatic heterocycles. The maximum atomic E-state index is 11.9. The number of nitrogens with zero attached hydrogens (tertiary/aromatic N) is 4. The van der Waals surface area contributed by atoms with Crippen molar-refractivity contribution in [2.75, 3.05) is 13.1 Å². The topological polar surface area (TPSA) is 68.1 Å². The predicted octanol–water partition coefficient (Wildman–Crippen LogP) is 0.274. The first-order valence-corrected chi connectivity index (χ1v) is 5.93. The molecule has 0 aromatic carbocycles. The molecule has 2 fully saturated rings. The van der Waals surface area contributed by atoms with Crippen LogP contribution >= 0.6 is 0 Å². The monoisotopic (exact) mass is 234 g/mol. The van der Waals surface area contributed by atoms with Crippen molar-refractivity contribution in [3.8, 4) is 0 Å². The lowest BCUT2D eigenvalue weighted by molar-refractivity contribution is -0.131. The lowest BCUT2D eigenvalue weighted by Crippen LogP contribution is -2.30. The first kappa shape index (κ1) is 10.4. The second-order valence-electron chi connectivity index (χ2n) is 4.74. The number of aldehydes is 1. The van der Waals surface area contributed by atoms with E-state index in [4.69, 9.17) is 0 Å². The lowest BCUT2D eigenvalue weighted by atomic mass is 10.3. The van der Waals surface area contributed by atoms with E-state index in [9.17, 15) is 9.59 Å². The number of hydrogen-bond acceptors (Lipinski definition) is 4. The molecule has 0 bridgehead atoms. The minimum atomic E-state index is 0.166. The summed E-state index contributed by atoms with van der Waals surface area (Å²) in [6.45, 7) is 1.48. The highest BCUT2D eigenvalue weighted by molar-refractivity contribution is 5.81. The van der Waals surface area contributed by atoms with Gasteiger partial charge in [0.2, 0.25) is 5.91 Å². The summed E-state index contributed by atoms with van der Waals surface area (Å²) in [6, 6.07) is 0.166. The Morgan fingerprint density at radius 2 is 2.24 bits per heavy atom. The molecule has 1 aromatic rings. The van der Waals surface area contributed by atoms with Gasteiger partial charge in [0.1, 0.15) is 5.69 Å². The zero-order valence-corrected chi connectivity index (χ0v) is 9.45. The van der Waals surface area contributed by atoms with Crippen molar-refractivity contribution in [3.63, 3.8) is 0 Å². The molecular weight excluding hydrogens is 220 g/mol. The Morgan fingerprint density at radius 1 is 1.41 bits per heavy atom. The zero-order valence-electron chi connectivity index (χ0n) is 9.45. The predicted molar refractivity (Wildman–Crippen MR) is 58.4 cm³/mol. The molecule has 0 spiro atoms. The molecule has 1 saturated heterocycles. The van der Waals surface area contributed by atoms with Crippen molar-refractivity contribution in [1.29, 1.82) is 0 Å². The van der Waals surface area contributed by atoms with Crippen LogP contribution in [0.3, 0.4) is 0 Å². The van der Waals surface area contributed by atoms with Crippen molar-refractivity contribution < 1.29 is 9.59 Å². The van der Waals surface area contributed by atoms with Crippen LogP contribution in [0.1, 0.15) is 35.8 Å². The fourth-order valence-electron chi connectivity index (χ4n) is 2.27. The fraction of sp³-hybridized carbons (Fsp3) is 0.636. The summed E-state index contributed by atoms with van der Waals surface area (Å²) in [4.78, 5) is 24.3. The summed E-state index contributed by atoms with van der Waals surface area (Å²) in [5.74, 6) is 0.554. The second kappa shape index (κ2) is 3.94. The molecule has 17 heavy (non-hydrogen) atoms. The second-order valence-corrected chi connectivity index (χ2v) is 4.74. The Balaban J connectivity index is 1.66. The number of carbonyl (C=O) groups is 2. The Morgan fingerprint density at radius 3 is 2.88 bits per heavy atom. The number of amides is 1. The third-order valence-electron chi connectivity index (χ3n) is 3.42. The minimum Gasteiger partial charge on any atom is -0.340 e. The number of rotatable bonds is 3. The summed E-state index contributed by atoms with van der Waals surface area (Å²) < 4.78 is 1.70. The smallest absolute Gasteiger partial charge is 0.225 e. The van der Waals surface area contributed by atoms with Crippen molar-refractivity contribution >= 4 is 12.2 Å². The molecule has 0 N–H and O–H groups in total. The highest BCUT2D eigenvalue weighted by Gasteiger charge is 2.37. The Hall–Kier alpha value is -1.72. The molecule has 2 heterocycles. The number of likely N-dealkylation sites (tertiary alicyclic amines) is 1. The molecule has 3 rings (SSSR count). The van der Waals surface area contributed by atoms with E-state index in [0.29, 0.717) is 18.5 Å². The average molecular weight is 234 g/mol. The van der Waals surface area contributed by atoms with Gasteiger partial charge in [-0.3, -0.25) is 9.59 Å². The van der Waals surface area contributed by atoms with Gasteiger partial charge < -0.3 is 4.90 Å². The van der Waals surface area contributed by atoms with Crippen LogP contribution in [0.5, 0.6) is 0 Å². The molecule has 6 nitrogen and oxygen atoms in total. The number of aromatic nitrogens is 3. The van der Waals surface area contributed by atoms with Crippen LogP contribution in [0.15, 0.2) is 6.20 Å². The molecule has 0 unspecified atom stereocenters. The van der Waals surface area contributed by atoms with E-state index in [1.807, 2.05) is 4.90 Å². The summed E-state index contributed by atoms with van der Waals surface area (Å²) in [5, 5.41) is 7.66. The van der Waals surface area contributed by atoms with E-state index in [-0.39, 0.29) is 17.9 Å². The SMILES string of the molecule is O=Cc1cn([C@H]2CCN(C(=O)C3CC3)C2)nn1. The maximum Gasteiger partial charge on any atom is 0.225 e. The molecule has 1 aromatic heterocycles. The Labute approximate surface area is 98.6 Å². The van der Waals surface area contributed by atoms with Gasteiger partial charge in [0.05, 0.1) is 12.2 Å². The van der Waals surface area contributed by atoms with Gasteiger partial charge >= 0.3 is 0 Å². The Kier molecular flexibility index (Phi) is 2.42. The molecule has 90 valence electrons. The van der Waals surface area contributed by atoms with Crippen molar-refractivity contribution in [1.82, 2.24) is 19.9 Å². The molecule has 6 heteroatoms. The Bertz CT molecular complexity index is 452. The highest BCUT2D eigenvalue weighted by Crippen LogP contribution is 2.33.